The molecular formula is C16H28N4OS. The van der Waals surface area contributed by atoms with Gasteiger partial charge in [0.2, 0.25) is 0 Å². The maximum atomic E-state index is 6.18. The van der Waals surface area contributed by atoms with Crippen LogP contribution < -0.4 is 0 Å². The van der Waals surface area contributed by atoms with Crippen LogP contribution >= 0.6 is 11.3 Å². The number of piperidine rings is 1. The molecule has 0 spiro atoms. The number of ether oxygens (including phenoxy) is 1. The normalized spacial score (nSPS) is 27.8. The minimum absolute atomic E-state index is 0.401. The average molecular weight is 324 g/mol. The Bertz CT molecular complexity index is 439. The van der Waals surface area contributed by atoms with E-state index in [1.807, 2.05) is 6.20 Å². The lowest BCUT2D eigenvalue weighted by Gasteiger charge is -2.37. The zero-order chi connectivity index (χ0) is 15.4. The van der Waals surface area contributed by atoms with E-state index in [1.165, 1.54) is 24.5 Å². The summed E-state index contributed by atoms with van der Waals surface area (Å²) in [6.45, 7) is 8.65. The Kier molecular flexibility index (Phi) is 5.82. The molecule has 6 heteroatoms. The molecule has 124 valence electrons. The van der Waals surface area contributed by atoms with E-state index in [0.717, 1.165) is 39.3 Å². The number of likely N-dealkylation sites (tertiary alicyclic amines) is 1. The van der Waals surface area contributed by atoms with Crippen LogP contribution in [-0.4, -0.2) is 85.8 Å². The van der Waals surface area contributed by atoms with Crippen LogP contribution in [0.5, 0.6) is 0 Å². The van der Waals surface area contributed by atoms with Crippen LogP contribution in [0.1, 0.15) is 11.4 Å². The Balaban J connectivity index is 1.50. The van der Waals surface area contributed by atoms with E-state index >= 15 is 0 Å². The van der Waals surface area contributed by atoms with E-state index in [4.69, 9.17) is 4.74 Å². The summed E-state index contributed by atoms with van der Waals surface area (Å²) >= 11 is 1.75. The first-order valence-corrected chi connectivity index (χ1v) is 9.18. The van der Waals surface area contributed by atoms with Gasteiger partial charge in [0, 0.05) is 50.2 Å². The molecule has 2 aliphatic rings. The fourth-order valence-corrected chi connectivity index (χ4v) is 4.05. The van der Waals surface area contributed by atoms with Gasteiger partial charge < -0.3 is 9.64 Å². The van der Waals surface area contributed by atoms with Gasteiger partial charge in [-0.3, -0.25) is 9.80 Å². The van der Waals surface area contributed by atoms with Gasteiger partial charge in [-0.1, -0.05) is 0 Å². The molecule has 2 atom stereocenters. The van der Waals surface area contributed by atoms with Crippen LogP contribution in [0.2, 0.25) is 0 Å². The van der Waals surface area contributed by atoms with Gasteiger partial charge >= 0.3 is 0 Å². The Morgan fingerprint density at radius 3 is 3.00 bits per heavy atom. The molecule has 3 rings (SSSR count). The Morgan fingerprint density at radius 1 is 1.32 bits per heavy atom. The summed E-state index contributed by atoms with van der Waals surface area (Å²) < 4.78 is 6.18. The number of hydrogen-bond donors (Lipinski definition) is 0. The highest BCUT2D eigenvalue weighted by Gasteiger charge is 2.33. The molecule has 22 heavy (non-hydrogen) atoms. The molecule has 2 aliphatic heterocycles. The number of hydrogen-bond acceptors (Lipinski definition) is 6. The van der Waals surface area contributed by atoms with Crippen molar-refractivity contribution in [3.8, 4) is 0 Å². The van der Waals surface area contributed by atoms with Gasteiger partial charge in [-0.05, 0) is 27.1 Å². The van der Waals surface area contributed by atoms with Crippen molar-refractivity contribution in [2.75, 3.05) is 60.0 Å². The first kappa shape index (κ1) is 16.3. The lowest BCUT2D eigenvalue weighted by Crippen LogP contribution is -2.46. The maximum absolute atomic E-state index is 6.18. The highest BCUT2D eigenvalue weighted by molar-refractivity contribution is 7.09. The predicted octanol–water partition coefficient (Wildman–Crippen LogP) is 1.23. The van der Waals surface area contributed by atoms with Gasteiger partial charge in [-0.15, -0.1) is 11.3 Å². The van der Waals surface area contributed by atoms with E-state index in [2.05, 4.69) is 39.2 Å². The highest BCUT2D eigenvalue weighted by Crippen LogP contribution is 2.25. The van der Waals surface area contributed by atoms with E-state index in [1.54, 1.807) is 11.3 Å². The van der Waals surface area contributed by atoms with Crippen molar-refractivity contribution >= 4 is 11.3 Å². The number of thiazole rings is 1. The van der Waals surface area contributed by atoms with Crippen LogP contribution in [-0.2, 0) is 11.3 Å². The Morgan fingerprint density at radius 2 is 2.23 bits per heavy atom. The van der Waals surface area contributed by atoms with E-state index in [-0.39, 0.29) is 0 Å². The molecule has 0 aromatic carbocycles. The first-order chi connectivity index (χ1) is 10.7. The van der Waals surface area contributed by atoms with Crippen molar-refractivity contribution in [1.29, 1.82) is 0 Å². The van der Waals surface area contributed by atoms with Crippen LogP contribution in [0.4, 0.5) is 0 Å². The third kappa shape index (κ3) is 4.49. The van der Waals surface area contributed by atoms with Crippen LogP contribution in [0.25, 0.3) is 0 Å². The van der Waals surface area contributed by atoms with Crippen LogP contribution in [0, 0.1) is 5.92 Å². The summed E-state index contributed by atoms with van der Waals surface area (Å²) in [6, 6.07) is 0. The van der Waals surface area contributed by atoms with E-state index in [9.17, 15) is 0 Å². The molecule has 0 amide bonds. The Labute approximate surface area is 137 Å². The molecule has 0 saturated carbocycles. The standard InChI is InChI=1S/C16H28N4OS/c1-18(2)6-7-19-8-9-21-15-12-20(5-3-14(15)11-19)13-16-17-4-10-22-16/h4,10,14-15H,3,5-9,11-13H2,1-2H3/t14-,15-/m1/s1. The number of aromatic nitrogens is 1. The predicted molar refractivity (Wildman–Crippen MR) is 90.2 cm³/mol. The molecular weight excluding hydrogens is 296 g/mol. The van der Waals surface area contributed by atoms with Gasteiger partial charge in [-0.25, -0.2) is 4.98 Å². The summed E-state index contributed by atoms with van der Waals surface area (Å²) in [5.41, 5.74) is 0. The van der Waals surface area contributed by atoms with Crippen molar-refractivity contribution in [3.05, 3.63) is 16.6 Å². The fraction of sp³-hybridized carbons (Fsp3) is 0.812. The minimum atomic E-state index is 0.401. The quantitative estimate of drug-likeness (QED) is 0.813. The summed E-state index contributed by atoms with van der Waals surface area (Å²) in [7, 11) is 4.29. The van der Waals surface area contributed by atoms with Crippen LogP contribution in [0.3, 0.4) is 0 Å². The van der Waals surface area contributed by atoms with Crippen molar-refractivity contribution in [2.24, 2.45) is 5.92 Å². The summed E-state index contributed by atoms with van der Waals surface area (Å²) in [5, 5.41) is 3.28. The van der Waals surface area contributed by atoms with E-state index in [0.29, 0.717) is 12.0 Å². The molecule has 0 aliphatic carbocycles. The largest absolute Gasteiger partial charge is 0.375 e. The zero-order valence-electron chi connectivity index (χ0n) is 13.8. The second-order valence-corrected chi connectivity index (χ2v) is 7.70. The van der Waals surface area contributed by atoms with Crippen molar-refractivity contribution < 1.29 is 4.74 Å². The summed E-state index contributed by atoms with van der Waals surface area (Å²) in [5.74, 6) is 0.692. The monoisotopic (exact) mass is 324 g/mol. The molecule has 1 aromatic heterocycles. The third-order valence-corrected chi connectivity index (χ3v) is 5.48. The number of fused-ring (bicyclic) bond motifs is 1. The average Bonchev–Trinajstić information content (AvgIpc) is 2.91. The Hall–Kier alpha value is -0.530. The number of rotatable bonds is 5. The number of nitrogens with zero attached hydrogens (tertiary/aromatic N) is 4. The topological polar surface area (TPSA) is 31.8 Å². The molecule has 0 bridgehead atoms. The maximum Gasteiger partial charge on any atom is 0.107 e. The smallest absolute Gasteiger partial charge is 0.107 e. The van der Waals surface area contributed by atoms with Gasteiger partial charge in [0.25, 0.3) is 0 Å². The molecule has 2 fully saturated rings. The number of likely N-dealkylation sites (N-methyl/N-ethyl adjacent to an activating group) is 1. The van der Waals surface area contributed by atoms with Gasteiger partial charge in [0.05, 0.1) is 19.3 Å². The summed E-state index contributed by atoms with van der Waals surface area (Å²) in [4.78, 5) is 11.8. The van der Waals surface area contributed by atoms with Crippen molar-refractivity contribution in [1.82, 2.24) is 19.7 Å². The molecule has 0 N–H and O–H groups in total. The molecule has 3 heterocycles. The van der Waals surface area contributed by atoms with Gasteiger partial charge in [0.15, 0.2) is 0 Å². The molecule has 0 radical (unpaired) electrons. The second kappa shape index (κ2) is 7.84. The van der Waals surface area contributed by atoms with Crippen molar-refractivity contribution in [2.45, 2.75) is 19.1 Å². The molecule has 2 saturated heterocycles. The van der Waals surface area contributed by atoms with Crippen LogP contribution in [0.15, 0.2) is 11.6 Å². The van der Waals surface area contributed by atoms with Gasteiger partial charge in [0.1, 0.15) is 5.01 Å². The molecule has 1 aromatic rings. The fourth-order valence-electron chi connectivity index (χ4n) is 3.39. The lowest BCUT2D eigenvalue weighted by molar-refractivity contribution is -0.0242. The van der Waals surface area contributed by atoms with Gasteiger partial charge in [-0.2, -0.15) is 0 Å². The SMILES string of the molecule is CN(C)CCN1CCO[C@@H]2CN(Cc3nccs3)CC[C@@H]2C1. The first-order valence-electron chi connectivity index (χ1n) is 8.30. The molecule has 5 nitrogen and oxygen atoms in total. The zero-order valence-corrected chi connectivity index (χ0v) is 14.6. The third-order valence-electron chi connectivity index (χ3n) is 4.72. The lowest BCUT2D eigenvalue weighted by atomic mass is 9.93. The second-order valence-electron chi connectivity index (χ2n) is 6.72. The van der Waals surface area contributed by atoms with E-state index < -0.39 is 0 Å². The van der Waals surface area contributed by atoms with Crippen molar-refractivity contribution in [3.63, 3.8) is 0 Å². The highest BCUT2D eigenvalue weighted by atomic mass is 32.1. The minimum Gasteiger partial charge on any atom is -0.375 e. The summed E-state index contributed by atoms with van der Waals surface area (Å²) in [6.07, 6.45) is 3.55. The molecule has 0 unspecified atom stereocenters.